The van der Waals surface area contributed by atoms with E-state index in [1.54, 1.807) is 18.2 Å². The van der Waals surface area contributed by atoms with Crippen molar-refractivity contribution in [3.63, 3.8) is 0 Å². The SMILES string of the molecule is C[C@H](Cc1cccc(O)c1)NC(=O)C1(F)CC1. The van der Waals surface area contributed by atoms with Crippen LogP contribution in [0.5, 0.6) is 5.75 Å². The third kappa shape index (κ3) is 2.96. The molecule has 4 heteroatoms. The van der Waals surface area contributed by atoms with Gasteiger partial charge in [0.25, 0.3) is 5.91 Å². The van der Waals surface area contributed by atoms with Crippen molar-refractivity contribution in [3.05, 3.63) is 29.8 Å². The van der Waals surface area contributed by atoms with Crippen LogP contribution in [0.3, 0.4) is 0 Å². The van der Waals surface area contributed by atoms with E-state index in [9.17, 15) is 14.3 Å². The van der Waals surface area contributed by atoms with Crippen LogP contribution in [-0.4, -0.2) is 22.7 Å². The van der Waals surface area contributed by atoms with E-state index >= 15 is 0 Å². The largest absolute Gasteiger partial charge is 0.508 e. The average molecular weight is 237 g/mol. The van der Waals surface area contributed by atoms with E-state index in [1.165, 1.54) is 0 Å². The van der Waals surface area contributed by atoms with Crippen molar-refractivity contribution < 1.29 is 14.3 Å². The number of carbonyl (C=O) groups excluding carboxylic acids is 1. The lowest BCUT2D eigenvalue weighted by atomic mass is 10.1. The molecule has 92 valence electrons. The van der Waals surface area contributed by atoms with Crippen LogP contribution in [-0.2, 0) is 11.2 Å². The minimum absolute atomic E-state index is 0.141. The second kappa shape index (κ2) is 4.35. The van der Waals surface area contributed by atoms with Crippen LogP contribution in [0.25, 0.3) is 0 Å². The minimum atomic E-state index is -1.62. The summed E-state index contributed by atoms with van der Waals surface area (Å²) in [5.74, 6) is -0.310. The molecule has 0 unspecified atom stereocenters. The highest BCUT2D eigenvalue weighted by molar-refractivity contribution is 5.88. The Morgan fingerprint density at radius 3 is 2.88 bits per heavy atom. The van der Waals surface area contributed by atoms with Crippen LogP contribution in [0.1, 0.15) is 25.3 Å². The van der Waals surface area contributed by atoms with Gasteiger partial charge in [0.1, 0.15) is 5.75 Å². The van der Waals surface area contributed by atoms with Crippen LogP contribution in [0.2, 0.25) is 0 Å². The first kappa shape index (κ1) is 11.9. The number of nitrogens with one attached hydrogen (secondary N) is 1. The van der Waals surface area contributed by atoms with Crippen LogP contribution in [0.4, 0.5) is 4.39 Å². The number of phenolic OH excluding ortho intramolecular Hbond substituents is 1. The summed E-state index contributed by atoms with van der Waals surface area (Å²) < 4.78 is 13.4. The van der Waals surface area contributed by atoms with E-state index < -0.39 is 11.6 Å². The molecule has 1 aromatic carbocycles. The van der Waals surface area contributed by atoms with Gasteiger partial charge in [-0.25, -0.2) is 4.39 Å². The van der Waals surface area contributed by atoms with Gasteiger partial charge in [-0.05, 0) is 43.9 Å². The predicted octanol–water partition coefficient (Wildman–Crippen LogP) is 1.94. The molecular formula is C13H16FNO2. The molecule has 3 nitrogen and oxygen atoms in total. The molecule has 2 N–H and O–H groups in total. The molecule has 1 aliphatic carbocycles. The van der Waals surface area contributed by atoms with Crippen LogP contribution < -0.4 is 5.32 Å². The molecule has 0 heterocycles. The number of benzene rings is 1. The Bertz CT molecular complexity index is 429. The first-order chi connectivity index (χ1) is 7.99. The molecule has 1 aromatic rings. The number of carbonyl (C=O) groups is 1. The van der Waals surface area contributed by atoms with Crippen molar-refractivity contribution in [3.8, 4) is 5.75 Å². The third-order valence-corrected chi connectivity index (χ3v) is 2.93. The van der Waals surface area contributed by atoms with Gasteiger partial charge in [-0.2, -0.15) is 0 Å². The number of hydrogen-bond acceptors (Lipinski definition) is 2. The lowest BCUT2D eigenvalue weighted by molar-refractivity contribution is -0.128. The quantitative estimate of drug-likeness (QED) is 0.840. The van der Waals surface area contributed by atoms with E-state index in [-0.39, 0.29) is 11.8 Å². The van der Waals surface area contributed by atoms with Gasteiger partial charge in [-0.1, -0.05) is 12.1 Å². The molecule has 1 amide bonds. The summed E-state index contributed by atoms with van der Waals surface area (Å²) in [6.07, 6.45) is 1.24. The summed E-state index contributed by atoms with van der Waals surface area (Å²) in [5, 5.41) is 12.0. The molecule has 1 atom stereocenters. The van der Waals surface area contributed by atoms with Gasteiger partial charge in [-0.3, -0.25) is 4.79 Å². The second-order valence-corrected chi connectivity index (χ2v) is 4.71. The molecular weight excluding hydrogens is 221 g/mol. The topological polar surface area (TPSA) is 49.3 Å². The summed E-state index contributed by atoms with van der Waals surface area (Å²) in [6.45, 7) is 1.83. The second-order valence-electron chi connectivity index (χ2n) is 4.71. The highest BCUT2D eigenvalue weighted by atomic mass is 19.1. The van der Waals surface area contributed by atoms with Crippen molar-refractivity contribution >= 4 is 5.91 Å². The first-order valence-electron chi connectivity index (χ1n) is 5.77. The van der Waals surface area contributed by atoms with E-state index in [4.69, 9.17) is 0 Å². The normalized spacial score (nSPS) is 18.5. The highest BCUT2D eigenvalue weighted by Crippen LogP contribution is 2.39. The van der Waals surface area contributed by atoms with Crippen LogP contribution >= 0.6 is 0 Å². The Morgan fingerprint density at radius 1 is 1.59 bits per heavy atom. The summed E-state index contributed by atoms with van der Waals surface area (Å²) in [6, 6.07) is 6.71. The summed E-state index contributed by atoms with van der Waals surface area (Å²) in [7, 11) is 0. The van der Waals surface area contributed by atoms with E-state index in [1.807, 2.05) is 13.0 Å². The minimum Gasteiger partial charge on any atom is -0.508 e. The van der Waals surface area contributed by atoms with Crippen molar-refractivity contribution in [2.45, 2.75) is 37.9 Å². The number of halogens is 1. The fraction of sp³-hybridized carbons (Fsp3) is 0.462. The van der Waals surface area contributed by atoms with Crippen LogP contribution in [0.15, 0.2) is 24.3 Å². The lowest BCUT2D eigenvalue weighted by Gasteiger charge is -2.15. The number of rotatable bonds is 4. The number of alkyl halides is 1. The molecule has 0 spiro atoms. The zero-order valence-corrected chi connectivity index (χ0v) is 9.74. The number of aromatic hydroxyl groups is 1. The molecule has 0 radical (unpaired) electrons. The number of amides is 1. The summed E-state index contributed by atoms with van der Waals surface area (Å²) >= 11 is 0. The van der Waals surface area contributed by atoms with Crippen molar-refractivity contribution in [2.24, 2.45) is 0 Å². The summed E-state index contributed by atoms with van der Waals surface area (Å²) in [4.78, 5) is 11.5. The van der Waals surface area contributed by atoms with Crippen molar-refractivity contribution in [1.82, 2.24) is 5.32 Å². The monoisotopic (exact) mass is 237 g/mol. The molecule has 1 saturated carbocycles. The molecule has 2 rings (SSSR count). The lowest BCUT2D eigenvalue weighted by Crippen LogP contribution is -2.40. The van der Waals surface area contributed by atoms with Crippen LogP contribution in [0, 0.1) is 0 Å². The van der Waals surface area contributed by atoms with Gasteiger partial charge >= 0.3 is 0 Å². The Kier molecular flexibility index (Phi) is 3.05. The maximum absolute atomic E-state index is 13.4. The maximum atomic E-state index is 13.4. The predicted molar refractivity (Wildman–Crippen MR) is 62.5 cm³/mol. The summed E-state index contributed by atoms with van der Waals surface area (Å²) in [5.41, 5.74) is -0.700. The third-order valence-electron chi connectivity index (χ3n) is 2.93. The average Bonchev–Trinajstić information content (AvgIpc) is 2.97. The maximum Gasteiger partial charge on any atom is 0.257 e. The molecule has 0 saturated heterocycles. The zero-order chi connectivity index (χ0) is 12.5. The first-order valence-corrected chi connectivity index (χ1v) is 5.77. The molecule has 1 aliphatic rings. The molecule has 0 bridgehead atoms. The Hall–Kier alpha value is -1.58. The molecule has 0 aromatic heterocycles. The van der Waals surface area contributed by atoms with Gasteiger partial charge < -0.3 is 10.4 Å². The van der Waals surface area contributed by atoms with Gasteiger partial charge in [-0.15, -0.1) is 0 Å². The molecule has 17 heavy (non-hydrogen) atoms. The number of hydrogen-bond donors (Lipinski definition) is 2. The highest BCUT2D eigenvalue weighted by Gasteiger charge is 2.50. The molecule has 1 fully saturated rings. The number of phenols is 1. The zero-order valence-electron chi connectivity index (χ0n) is 9.74. The van der Waals surface area contributed by atoms with Crippen molar-refractivity contribution in [2.75, 3.05) is 0 Å². The van der Waals surface area contributed by atoms with E-state index in [2.05, 4.69) is 5.32 Å². The fourth-order valence-electron chi connectivity index (χ4n) is 1.78. The van der Waals surface area contributed by atoms with Gasteiger partial charge in [0.05, 0.1) is 0 Å². The van der Waals surface area contributed by atoms with E-state index in [0.29, 0.717) is 19.3 Å². The Balaban J connectivity index is 1.89. The molecule has 0 aliphatic heterocycles. The Morgan fingerprint density at radius 2 is 2.29 bits per heavy atom. The van der Waals surface area contributed by atoms with Crippen molar-refractivity contribution in [1.29, 1.82) is 0 Å². The van der Waals surface area contributed by atoms with Gasteiger partial charge in [0.15, 0.2) is 5.67 Å². The van der Waals surface area contributed by atoms with Gasteiger partial charge in [0.2, 0.25) is 0 Å². The standard InChI is InChI=1S/C13H16FNO2/c1-9(15-12(17)13(14)5-6-13)7-10-3-2-4-11(16)8-10/h2-4,8-9,16H,5-7H2,1H3,(H,15,17)/t9-/m1/s1. The van der Waals surface area contributed by atoms with Gasteiger partial charge in [0, 0.05) is 6.04 Å². The fourth-order valence-corrected chi connectivity index (χ4v) is 1.78. The Labute approximate surface area is 99.7 Å². The van der Waals surface area contributed by atoms with E-state index in [0.717, 1.165) is 5.56 Å². The smallest absolute Gasteiger partial charge is 0.257 e.